The third-order valence-corrected chi connectivity index (χ3v) is 4.23. The maximum atomic E-state index is 11.6. The Morgan fingerprint density at radius 1 is 1.31 bits per heavy atom. The Hall–Kier alpha value is -0.610. The van der Waals surface area contributed by atoms with Gasteiger partial charge in [-0.2, -0.15) is 8.42 Å². The molecule has 0 spiro atoms. The molecule has 94 valence electrons. The Labute approximate surface area is 99.3 Å². The quantitative estimate of drug-likeness (QED) is 0.488. The number of rotatable bonds is 8. The highest BCUT2D eigenvalue weighted by Gasteiger charge is 2.29. The average molecular weight is 246 g/mol. The average Bonchev–Trinajstić information content (AvgIpc) is 2.14. The zero-order chi connectivity index (χ0) is 12.8. The Kier molecular flexibility index (Phi) is 5.97. The van der Waals surface area contributed by atoms with Crippen molar-refractivity contribution in [1.82, 2.24) is 0 Å². The van der Waals surface area contributed by atoms with Crippen LogP contribution in [0.2, 0.25) is 0 Å². The second kappa shape index (κ2) is 6.21. The van der Waals surface area contributed by atoms with Crippen molar-refractivity contribution in [3.63, 3.8) is 0 Å². The van der Waals surface area contributed by atoms with Crippen LogP contribution in [0.1, 0.15) is 27.2 Å². The zero-order valence-corrected chi connectivity index (χ0v) is 11.2. The molecule has 0 aliphatic carbocycles. The van der Waals surface area contributed by atoms with Gasteiger partial charge in [-0.1, -0.05) is 32.9 Å². The van der Waals surface area contributed by atoms with Gasteiger partial charge in [-0.25, -0.2) is 0 Å². The van der Waals surface area contributed by atoms with Gasteiger partial charge in [0.1, 0.15) is 0 Å². The van der Waals surface area contributed by atoms with E-state index in [0.29, 0.717) is 0 Å². The monoisotopic (exact) mass is 246 g/mol. The lowest BCUT2D eigenvalue weighted by Gasteiger charge is -2.30. The molecule has 0 saturated carbocycles. The number of allylic oxidation sites excluding steroid dienone is 1. The van der Waals surface area contributed by atoms with Crippen molar-refractivity contribution < 1.29 is 12.6 Å². The molecule has 0 bridgehead atoms. The van der Waals surface area contributed by atoms with E-state index in [1.54, 1.807) is 0 Å². The summed E-state index contributed by atoms with van der Waals surface area (Å²) < 4.78 is 27.9. The molecule has 0 heterocycles. The summed E-state index contributed by atoms with van der Waals surface area (Å²) in [5.74, 6) is 0.0436. The van der Waals surface area contributed by atoms with E-state index in [1.807, 2.05) is 26.8 Å². The van der Waals surface area contributed by atoms with Crippen LogP contribution in [0.5, 0.6) is 0 Å². The molecule has 3 nitrogen and oxygen atoms in total. The van der Waals surface area contributed by atoms with Crippen molar-refractivity contribution in [1.29, 1.82) is 0 Å². The maximum absolute atomic E-state index is 11.6. The third kappa shape index (κ3) is 5.47. The van der Waals surface area contributed by atoms with Gasteiger partial charge < -0.3 is 0 Å². The third-order valence-electron chi connectivity index (χ3n) is 2.82. The number of hydrogen-bond acceptors (Lipinski definition) is 3. The predicted octanol–water partition coefficient (Wildman–Crippen LogP) is 2.76. The Bertz CT molecular complexity index is 328. The van der Waals surface area contributed by atoms with Crippen LogP contribution in [0.15, 0.2) is 25.3 Å². The fraction of sp³-hybridized carbons (Fsp3) is 0.667. The Balaban J connectivity index is 4.48. The van der Waals surface area contributed by atoms with Crippen LogP contribution in [0, 0.1) is 11.3 Å². The molecule has 0 aliphatic heterocycles. The molecule has 0 saturated heterocycles. The first kappa shape index (κ1) is 15.4. The minimum Gasteiger partial charge on any atom is -0.266 e. The van der Waals surface area contributed by atoms with E-state index in [1.165, 1.54) is 6.08 Å². The Morgan fingerprint density at radius 2 is 1.88 bits per heavy atom. The van der Waals surface area contributed by atoms with Gasteiger partial charge in [0, 0.05) is 0 Å². The largest absolute Gasteiger partial charge is 0.267 e. The SMILES string of the molecule is C=CCOS(=O)(=O)CC(C)C(C)(C)CC=C. The smallest absolute Gasteiger partial charge is 0.266 e. The lowest BCUT2D eigenvalue weighted by molar-refractivity contribution is 0.247. The fourth-order valence-electron chi connectivity index (χ4n) is 1.30. The van der Waals surface area contributed by atoms with Crippen LogP contribution < -0.4 is 0 Å². The minimum absolute atomic E-state index is 0.0142. The second-order valence-electron chi connectivity index (χ2n) is 4.68. The van der Waals surface area contributed by atoms with Crippen LogP contribution in [0.25, 0.3) is 0 Å². The van der Waals surface area contributed by atoms with E-state index < -0.39 is 10.1 Å². The van der Waals surface area contributed by atoms with Gasteiger partial charge in [-0.15, -0.1) is 13.2 Å². The first-order chi connectivity index (χ1) is 7.25. The molecular weight excluding hydrogens is 224 g/mol. The summed E-state index contributed by atoms with van der Waals surface area (Å²) in [5, 5.41) is 0. The molecular formula is C12H22O3S. The van der Waals surface area contributed by atoms with Crippen molar-refractivity contribution in [2.24, 2.45) is 11.3 Å². The van der Waals surface area contributed by atoms with E-state index in [0.717, 1.165) is 6.42 Å². The van der Waals surface area contributed by atoms with Crippen molar-refractivity contribution in [3.05, 3.63) is 25.3 Å². The molecule has 1 atom stereocenters. The van der Waals surface area contributed by atoms with Crippen LogP contribution in [-0.4, -0.2) is 20.8 Å². The van der Waals surface area contributed by atoms with Gasteiger partial charge >= 0.3 is 0 Å². The summed E-state index contributed by atoms with van der Waals surface area (Å²) in [5.41, 5.74) is -0.0909. The lowest BCUT2D eigenvalue weighted by atomic mass is 9.78. The van der Waals surface area contributed by atoms with Gasteiger partial charge in [0.2, 0.25) is 0 Å². The minimum atomic E-state index is -3.45. The summed E-state index contributed by atoms with van der Waals surface area (Å²) in [6.45, 7) is 13.1. The summed E-state index contributed by atoms with van der Waals surface area (Å²) in [6, 6.07) is 0. The molecule has 0 N–H and O–H groups in total. The van der Waals surface area contributed by atoms with Crippen molar-refractivity contribution in [2.45, 2.75) is 27.2 Å². The van der Waals surface area contributed by atoms with Crippen LogP contribution in [-0.2, 0) is 14.3 Å². The maximum Gasteiger partial charge on any atom is 0.267 e. The van der Waals surface area contributed by atoms with Gasteiger partial charge in [-0.05, 0) is 17.8 Å². The molecule has 0 fully saturated rings. The van der Waals surface area contributed by atoms with Crippen LogP contribution in [0.3, 0.4) is 0 Å². The van der Waals surface area contributed by atoms with Crippen molar-refractivity contribution >= 4 is 10.1 Å². The van der Waals surface area contributed by atoms with E-state index >= 15 is 0 Å². The second-order valence-corrected chi connectivity index (χ2v) is 6.36. The molecule has 0 radical (unpaired) electrons. The normalized spacial score (nSPS) is 14.4. The molecule has 0 aromatic rings. The van der Waals surface area contributed by atoms with E-state index in [9.17, 15) is 8.42 Å². The molecule has 0 rings (SSSR count). The molecule has 0 aromatic heterocycles. The lowest BCUT2D eigenvalue weighted by Crippen LogP contribution is -2.28. The van der Waals surface area contributed by atoms with Crippen molar-refractivity contribution in [3.8, 4) is 0 Å². The van der Waals surface area contributed by atoms with E-state index in [-0.39, 0.29) is 23.7 Å². The molecule has 1 unspecified atom stereocenters. The zero-order valence-electron chi connectivity index (χ0n) is 10.4. The standard InChI is InChI=1S/C12H22O3S/c1-6-8-12(4,5)11(3)10-16(13,14)15-9-7-2/h6-7,11H,1-2,8-10H2,3-5H3. The Morgan fingerprint density at radius 3 is 2.31 bits per heavy atom. The molecule has 0 aliphatic rings. The van der Waals surface area contributed by atoms with Gasteiger partial charge in [0.15, 0.2) is 0 Å². The molecule has 0 amide bonds. The highest BCUT2D eigenvalue weighted by atomic mass is 32.2. The van der Waals surface area contributed by atoms with Crippen LogP contribution in [0.4, 0.5) is 0 Å². The van der Waals surface area contributed by atoms with Gasteiger partial charge in [0.25, 0.3) is 10.1 Å². The fourth-order valence-corrected chi connectivity index (χ4v) is 2.77. The van der Waals surface area contributed by atoms with Gasteiger partial charge in [0.05, 0.1) is 12.4 Å². The number of hydrogen-bond donors (Lipinski definition) is 0. The molecule has 0 aromatic carbocycles. The van der Waals surface area contributed by atoms with Crippen molar-refractivity contribution in [2.75, 3.05) is 12.4 Å². The van der Waals surface area contributed by atoms with Crippen LogP contribution >= 0.6 is 0 Å². The van der Waals surface area contributed by atoms with Gasteiger partial charge in [-0.3, -0.25) is 4.18 Å². The predicted molar refractivity (Wildman–Crippen MR) is 67.7 cm³/mol. The first-order valence-corrected chi connectivity index (χ1v) is 6.92. The molecule has 16 heavy (non-hydrogen) atoms. The van der Waals surface area contributed by atoms with E-state index in [2.05, 4.69) is 13.2 Å². The van der Waals surface area contributed by atoms with E-state index in [4.69, 9.17) is 4.18 Å². The summed E-state index contributed by atoms with van der Waals surface area (Å²) >= 11 is 0. The summed E-state index contributed by atoms with van der Waals surface area (Å²) in [7, 11) is -3.45. The first-order valence-electron chi connectivity index (χ1n) is 5.34. The topological polar surface area (TPSA) is 43.4 Å². The highest BCUT2D eigenvalue weighted by molar-refractivity contribution is 7.86. The summed E-state index contributed by atoms with van der Waals surface area (Å²) in [4.78, 5) is 0. The highest BCUT2D eigenvalue weighted by Crippen LogP contribution is 2.31. The summed E-state index contributed by atoms with van der Waals surface area (Å²) in [6.07, 6.45) is 4.02. The molecule has 4 heteroatoms.